The molecule has 0 radical (unpaired) electrons. The van der Waals surface area contributed by atoms with Crippen molar-refractivity contribution in [2.45, 2.75) is 122 Å². The maximum Gasteiger partial charge on any atom is 0.341 e. The number of carbonyl (C=O) groups excluding carboxylic acids is 1. The van der Waals surface area contributed by atoms with Crippen molar-refractivity contribution in [1.82, 2.24) is 0 Å². The zero-order valence-electron chi connectivity index (χ0n) is 20.8. The Labute approximate surface area is 201 Å². The van der Waals surface area contributed by atoms with E-state index in [2.05, 4.69) is 19.1 Å². The number of rotatable bonds is 19. The third-order valence-corrected chi connectivity index (χ3v) is 6.66. The Hall–Kier alpha value is -1.65. The summed E-state index contributed by atoms with van der Waals surface area (Å²) >= 11 is 0. The molecule has 1 heterocycles. The van der Waals surface area contributed by atoms with Crippen LogP contribution in [0, 0.1) is 0 Å². The molecule has 0 bridgehead atoms. The van der Waals surface area contributed by atoms with Crippen molar-refractivity contribution in [2.24, 2.45) is 0 Å². The average Bonchev–Trinajstić information content (AvgIpc) is 3.11. The van der Waals surface area contributed by atoms with E-state index in [0.717, 1.165) is 31.2 Å². The first-order valence-electron chi connectivity index (χ1n) is 13.4. The lowest BCUT2D eigenvalue weighted by molar-refractivity contribution is -0.168. The number of aliphatic hydroxyl groups excluding tert-OH is 1. The van der Waals surface area contributed by atoms with Crippen LogP contribution in [-0.2, 0) is 20.9 Å². The molecule has 186 valence electrons. The van der Waals surface area contributed by atoms with E-state index >= 15 is 0 Å². The van der Waals surface area contributed by atoms with E-state index in [1.165, 1.54) is 64.2 Å². The standard InChI is InChI=1S/C29H46O4/c1-2-3-4-5-6-7-8-9-10-11-12-13-14-15-16-20-23-29(27(30)25-32-28(29)31)33-24-26-21-18-17-19-22-26/h13-14,17-19,21-22,27,30H,2-12,15-16,20,23-25H2,1H3/b14-13-. The van der Waals surface area contributed by atoms with Crippen LogP contribution in [0.15, 0.2) is 42.5 Å². The van der Waals surface area contributed by atoms with E-state index in [-0.39, 0.29) is 6.61 Å². The van der Waals surface area contributed by atoms with Gasteiger partial charge in [0.1, 0.15) is 12.7 Å². The Morgan fingerprint density at radius 3 is 2.06 bits per heavy atom. The molecule has 0 spiro atoms. The Morgan fingerprint density at radius 1 is 0.909 bits per heavy atom. The Morgan fingerprint density at radius 2 is 1.48 bits per heavy atom. The molecule has 2 rings (SSSR count). The zero-order chi connectivity index (χ0) is 23.6. The number of ether oxygens (including phenoxy) is 2. The van der Waals surface area contributed by atoms with Crippen LogP contribution in [-0.4, -0.2) is 29.4 Å². The van der Waals surface area contributed by atoms with Crippen molar-refractivity contribution in [3.8, 4) is 0 Å². The van der Waals surface area contributed by atoms with Crippen LogP contribution in [0.5, 0.6) is 0 Å². The van der Waals surface area contributed by atoms with Crippen LogP contribution in [0.25, 0.3) is 0 Å². The highest BCUT2D eigenvalue weighted by atomic mass is 16.6. The van der Waals surface area contributed by atoms with Crippen LogP contribution in [0.2, 0.25) is 0 Å². The minimum atomic E-state index is -1.23. The summed E-state index contributed by atoms with van der Waals surface area (Å²) in [6, 6.07) is 9.75. The Balaban J connectivity index is 1.54. The second-order valence-electron chi connectivity index (χ2n) is 9.47. The third-order valence-electron chi connectivity index (χ3n) is 6.66. The Bertz CT molecular complexity index is 657. The van der Waals surface area contributed by atoms with E-state index in [1.54, 1.807) is 0 Å². The van der Waals surface area contributed by atoms with Gasteiger partial charge in [0.05, 0.1) is 6.61 Å². The van der Waals surface area contributed by atoms with Gasteiger partial charge in [-0.15, -0.1) is 0 Å². The molecule has 0 aliphatic carbocycles. The van der Waals surface area contributed by atoms with Crippen LogP contribution in [0.1, 0.15) is 109 Å². The van der Waals surface area contributed by atoms with Crippen molar-refractivity contribution >= 4 is 5.97 Å². The first-order chi connectivity index (χ1) is 16.2. The number of hydrogen-bond acceptors (Lipinski definition) is 4. The molecule has 1 N–H and O–H groups in total. The minimum absolute atomic E-state index is 0.0202. The van der Waals surface area contributed by atoms with Gasteiger partial charge in [0.25, 0.3) is 0 Å². The van der Waals surface area contributed by atoms with Crippen LogP contribution < -0.4 is 0 Å². The van der Waals surface area contributed by atoms with Gasteiger partial charge in [0.15, 0.2) is 5.60 Å². The number of carbonyl (C=O) groups is 1. The molecule has 1 aliphatic heterocycles. The topological polar surface area (TPSA) is 55.8 Å². The average molecular weight is 459 g/mol. The molecule has 0 saturated carbocycles. The number of esters is 1. The summed E-state index contributed by atoms with van der Waals surface area (Å²) in [6.07, 6.45) is 21.8. The fourth-order valence-electron chi connectivity index (χ4n) is 4.46. The van der Waals surface area contributed by atoms with Crippen LogP contribution >= 0.6 is 0 Å². The molecule has 4 nitrogen and oxygen atoms in total. The maximum atomic E-state index is 12.4. The highest BCUT2D eigenvalue weighted by Gasteiger charge is 2.52. The first-order valence-corrected chi connectivity index (χ1v) is 13.4. The molecule has 33 heavy (non-hydrogen) atoms. The highest BCUT2D eigenvalue weighted by molar-refractivity contribution is 5.82. The van der Waals surface area contributed by atoms with Crippen molar-refractivity contribution in [3.63, 3.8) is 0 Å². The molecule has 2 unspecified atom stereocenters. The van der Waals surface area contributed by atoms with Gasteiger partial charge in [-0.05, 0) is 44.1 Å². The molecule has 1 fully saturated rings. The molecule has 2 atom stereocenters. The summed E-state index contributed by atoms with van der Waals surface area (Å²) in [5.74, 6) is -0.428. The molecule has 0 amide bonds. The van der Waals surface area contributed by atoms with E-state index in [9.17, 15) is 9.90 Å². The van der Waals surface area contributed by atoms with Crippen molar-refractivity contribution in [2.75, 3.05) is 6.61 Å². The summed E-state index contributed by atoms with van der Waals surface area (Å²) in [7, 11) is 0. The molecule has 0 aromatic heterocycles. The highest BCUT2D eigenvalue weighted by Crippen LogP contribution is 2.32. The van der Waals surface area contributed by atoms with Crippen LogP contribution in [0.3, 0.4) is 0 Å². The summed E-state index contributed by atoms with van der Waals surface area (Å²) in [5, 5.41) is 10.4. The second kappa shape index (κ2) is 16.9. The number of unbranched alkanes of at least 4 members (excludes halogenated alkanes) is 12. The van der Waals surface area contributed by atoms with E-state index in [0.29, 0.717) is 13.0 Å². The van der Waals surface area contributed by atoms with Crippen molar-refractivity contribution < 1.29 is 19.4 Å². The van der Waals surface area contributed by atoms with Crippen molar-refractivity contribution in [3.05, 3.63) is 48.0 Å². The van der Waals surface area contributed by atoms with Crippen molar-refractivity contribution in [1.29, 1.82) is 0 Å². The van der Waals surface area contributed by atoms with E-state index < -0.39 is 17.7 Å². The predicted octanol–water partition coefficient (Wildman–Crippen LogP) is 7.29. The number of benzene rings is 1. The SMILES string of the molecule is CCCCCCCCCCCC/C=C\CCCCC1(OCc2ccccc2)C(=O)OCC1O. The van der Waals surface area contributed by atoms with Crippen LogP contribution in [0.4, 0.5) is 0 Å². The normalized spacial score (nSPS) is 20.5. The number of cyclic esters (lactones) is 1. The lowest BCUT2D eigenvalue weighted by atomic mass is 9.91. The molecular weight excluding hydrogens is 412 g/mol. The summed E-state index contributed by atoms with van der Waals surface area (Å²) in [5.41, 5.74) is -0.242. The summed E-state index contributed by atoms with van der Waals surface area (Å²) < 4.78 is 11.1. The summed E-state index contributed by atoms with van der Waals surface area (Å²) in [6.45, 7) is 2.59. The third kappa shape index (κ3) is 10.4. The van der Waals surface area contributed by atoms with Gasteiger partial charge in [-0.1, -0.05) is 107 Å². The lowest BCUT2D eigenvalue weighted by Gasteiger charge is -2.28. The molecule has 1 aromatic rings. The zero-order valence-corrected chi connectivity index (χ0v) is 20.8. The molecule has 1 aromatic carbocycles. The molecule has 1 aliphatic rings. The van der Waals surface area contributed by atoms with Gasteiger partial charge in [-0.3, -0.25) is 0 Å². The summed E-state index contributed by atoms with van der Waals surface area (Å²) in [4.78, 5) is 12.4. The maximum absolute atomic E-state index is 12.4. The number of aliphatic hydroxyl groups is 1. The van der Waals surface area contributed by atoms with Gasteiger partial charge in [0, 0.05) is 0 Å². The fourth-order valence-corrected chi connectivity index (χ4v) is 4.46. The van der Waals surface area contributed by atoms with E-state index in [4.69, 9.17) is 9.47 Å². The molecular formula is C29H46O4. The smallest absolute Gasteiger partial charge is 0.341 e. The van der Waals surface area contributed by atoms with Gasteiger partial charge < -0.3 is 14.6 Å². The molecule has 1 saturated heterocycles. The monoisotopic (exact) mass is 458 g/mol. The molecule has 4 heteroatoms. The van der Waals surface area contributed by atoms with Gasteiger partial charge in [0.2, 0.25) is 0 Å². The van der Waals surface area contributed by atoms with Gasteiger partial charge in [-0.2, -0.15) is 0 Å². The second-order valence-corrected chi connectivity index (χ2v) is 9.47. The predicted molar refractivity (Wildman–Crippen MR) is 135 cm³/mol. The lowest BCUT2D eigenvalue weighted by Crippen LogP contribution is -2.47. The van der Waals surface area contributed by atoms with Gasteiger partial charge >= 0.3 is 5.97 Å². The number of hydrogen-bond donors (Lipinski definition) is 1. The minimum Gasteiger partial charge on any atom is -0.461 e. The number of allylic oxidation sites excluding steroid dienone is 2. The van der Waals surface area contributed by atoms with Gasteiger partial charge in [-0.25, -0.2) is 4.79 Å². The fraction of sp³-hybridized carbons (Fsp3) is 0.690. The quantitative estimate of drug-likeness (QED) is 0.134. The van der Waals surface area contributed by atoms with E-state index in [1.807, 2.05) is 30.3 Å². The largest absolute Gasteiger partial charge is 0.461 e. The first kappa shape index (κ1) is 27.6. The Kier molecular flexibility index (Phi) is 14.1.